The van der Waals surface area contributed by atoms with Crippen LogP contribution in [0.1, 0.15) is 19.3 Å². The fourth-order valence-corrected chi connectivity index (χ4v) is 5.20. The number of sulfonamides is 1. The van der Waals surface area contributed by atoms with E-state index in [9.17, 15) is 12.8 Å². The number of thiazole rings is 1. The van der Waals surface area contributed by atoms with Gasteiger partial charge in [-0.25, -0.2) is 17.8 Å². The van der Waals surface area contributed by atoms with Gasteiger partial charge in [-0.2, -0.15) is 0 Å². The summed E-state index contributed by atoms with van der Waals surface area (Å²) < 4.78 is 47.4. The Hall–Kier alpha value is -1.42. The molecule has 1 aliphatic rings. The smallest absolute Gasteiger partial charge is 0.266 e. The standard InChI is InChI=1S/C16H19ClFN3O3S2/c1-21(2)12-4-3-5-13(12)24-14-9-11(18)15(8-10(14)17)26(22,23)20-16-19-6-7-25-16/h6-9,12-13H,3-5H2,1-2H3,(H,19,20)/t12-,13?/m0/s1. The summed E-state index contributed by atoms with van der Waals surface area (Å²) in [6, 6.07) is 2.31. The van der Waals surface area contributed by atoms with Crippen LogP contribution >= 0.6 is 22.9 Å². The molecule has 1 aromatic heterocycles. The summed E-state index contributed by atoms with van der Waals surface area (Å²) in [4.78, 5) is 5.36. The van der Waals surface area contributed by atoms with Gasteiger partial charge < -0.3 is 9.64 Å². The Morgan fingerprint density at radius 1 is 1.38 bits per heavy atom. The van der Waals surface area contributed by atoms with E-state index in [-0.39, 0.29) is 28.0 Å². The van der Waals surface area contributed by atoms with Crippen LogP contribution in [0.25, 0.3) is 0 Å². The van der Waals surface area contributed by atoms with Crippen LogP contribution in [-0.4, -0.2) is 44.5 Å². The summed E-state index contributed by atoms with van der Waals surface area (Å²) in [6.07, 6.45) is 4.18. The molecule has 0 spiro atoms. The number of nitrogens with one attached hydrogen (secondary N) is 1. The van der Waals surface area contributed by atoms with Crippen molar-refractivity contribution in [2.24, 2.45) is 0 Å². The number of hydrogen-bond acceptors (Lipinski definition) is 6. The number of rotatable bonds is 6. The third-order valence-corrected chi connectivity index (χ3v) is 6.76. The Morgan fingerprint density at radius 3 is 2.81 bits per heavy atom. The first-order chi connectivity index (χ1) is 12.3. The number of benzene rings is 1. The molecule has 1 N–H and O–H groups in total. The first-order valence-corrected chi connectivity index (χ1v) is 10.8. The van der Waals surface area contributed by atoms with Crippen molar-refractivity contribution in [2.75, 3.05) is 18.8 Å². The normalized spacial score (nSPS) is 20.5. The van der Waals surface area contributed by atoms with Crippen molar-refractivity contribution in [1.82, 2.24) is 9.88 Å². The van der Waals surface area contributed by atoms with Crippen LogP contribution in [0.5, 0.6) is 5.75 Å². The van der Waals surface area contributed by atoms with Gasteiger partial charge in [0, 0.05) is 23.7 Å². The minimum absolute atomic E-state index is 0.0512. The lowest BCUT2D eigenvalue weighted by Crippen LogP contribution is -2.38. The summed E-state index contributed by atoms with van der Waals surface area (Å²) in [6.45, 7) is 0. The predicted octanol–water partition coefficient (Wildman–Crippen LogP) is 3.60. The van der Waals surface area contributed by atoms with Gasteiger partial charge in [0.15, 0.2) is 5.13 Å². The Bertz CT molecular complexity index is 875. The average Bonchev–Trinajstić information content (AvgIpc) is 3.21. The molecule has 1 heterocycles. The maximum absolute atomic E-state index is 14.5. The zero-order valence-electron chi connectivity index (χ0n) is 14.3. The SMILES string of the molecule is CN(C)[C@H]1CCCC1Oc1cc(F)c(S(=O)(=O)Nc2nccs2)cc1Cl. The van der Waals surface area contributed by atoms with E-state index in [4.69, 9.17) is 16.3 Å². The molecule has 3 rings (SSSR count). The molecular formula is C16H19ClFN3O3S2. The molecule has 0 saturated heterocycles. The molecule has 2 aromatic rings. The third kappa shape index (κ3) is 4.11. The van der Waals surface area contributed by atoms with Crippen LogP contribution in [0, 0.1) is 5.82 Å². The van der Waals surface area contributed by atoms with Crippen molar-refractivity contribution < 1.29 is 17.5 Å². The highest BCUT2D eigenvalue weighted by Crippen LogP contribution is 2.34. The molecule has 1 fully saturated rings. The second-order valence-electron chi connectivity index (χ2n) is 6.27. The van der Waals surface area contributed by atoms with Gasteiger partial charge >= 0.3 is 0 Å². The topological polar surface area (TPSA) is 71.5 Å². The maximum Gasteiger partial charge on any atom is 0.266 e. The second kappa shape index (κ2) is 7.67. The quantitative estimate of drug-likeness (QED) is 0.774. The van der Waals surface area contributed by atoms with Gasteiger partial charge in [0.25, 0.3) is 10.0 Å². The molecule has 10 heteroatoms. The van der Waals surface area contributed by atoms with Crippen LogP contribution in [0.4, 0.5) is 9.52 Å². The first-order valence-electron chi connectivity index (χ1n) is 8.02. The van der Waals surface area contributed by atoms with E-state index >= 15 is 0 Å². The number of nitrogens with zero attached hydrogens (tertiary/aromatic N) is 2. The number of hydrogen-bond donors (Lipinski definition) is 1. The molecule has 142 valence electrons. The lowest BCUT2D eigenvalue weighted by molar-refractivity contribution is 0.121. The number of ether oxygens (including phenoxy) is 1. The van der Waals surface area contributed by atoms with E-state index in [0.717, 1.165) is 42.7 Å². The highest BCUT2D eigenvalue weighted by atomic mass is 35.5. The van der Waals surface area contributed by atoms with Crippen LogP contribution in [0.15, 0.2) is 28.6 Å². The van der Waals surface area contributed by atoms with E-state index in [1.165, 1.54) is 6.20 Å². The van der Waals surface area contributed by atoms with Crippen molar-refractivity contribution in [2.45, 2.75) is 36.3 Å². The fraction of sp³-hybridized carbons (Fsp3) is 0.438. The van der Waals surface area contributed by atoms with Gasteiger partial charge in [-0.1, -0.05) is 11.6 Å². The molecule has 2 atom stereocenters. The Balaban J connectivity index is 1.84. The lowest BCUT2D eigenvalue weighted by atomic mass is 10.2. The molecule has 1 saturated carbocycles. The van der Waals surface area contributed by atoms with Crippen LogP contribution in [0.3, 0.4) is 0 Å². The van der Waals surface area contributed by atoms with Gasteiger partial charge in [0.05, 0.1) is 5.02 Å². The zero-order chi connectivity index (χ0) is 18.9. The van der Waals surface area contributed by atoms with Gasteiger partial charge in [-0.15, -0.1) is 11.3 Å². The highest BCUT2D eigenvalue weighted by Gasteiger charge is 2.32. The van der Waals surface area contributed by atoms with Gasteiger partial charge in [0.2, 0.25) is 0 Å². The molecule has 0 amide bonds. The Kier molecular flexibility index (Phi) is 5.71. The molecule has 0 radical (unpaired) electrons. The molecule has 0 bridgehead atoms. The number of likely N-dealkylation sites (N-methyl/N-ethyl adjacent to an activating group) is 1. The van der Waals surface area contributed by atoms with Crippen molar-refractivity contribution >= 4 is 38.1 Å². The summed E-state index contributed by atoms with van der Waals surface area (Å²) in [5.41, 5.74) is 0. The third-order valence-electron chi connectivity index (χ3n) is 4.29. The largest absolute Gasteiger partial charge is 0.487 e. The summed E-state index contributed by atoms with van der Waals surface area (Å²) in [5.74, 6) is -0.774. The van der Waals surface area contributed by atoms with Crippen molar-refractivity contribution in [3.63, 3.8) is 0 Å². The van der Waals surface area contributed by atoms with E-state index in [1.807, 2.05) is 14.1 Å². The number of aromatic nitrogens is 1. The van der Waals surface area contributed by atoms with Crippen molar-refractivity contribution in [3.05, 3.63) is 34.5 Å². The first kappa shape index (κ1) is 19.3. The lowest BCUT2D eigenvalue weighted by Gasteiger charge is -2.27. The summed E-state index contributed by atoms with van der Waals surface area (Å²) in [7, 11) is -0.196. The highest BCUT2D eigenvalue weighted by molar-refractivity contribution is 7.93. The summed E-state index contributed by atoms with van der Waals surface area (Å²) >= 11 is 7.28. The Morgan fingerprint density at radius 2 is 2.15 bits per heavy atom. The minimum Gasteiger partial charge on any atom is -0.487 e. The molecule has 6 nitrogen and oxygen atoms in total. The van der Waals surface area contributed by atoms with Gasteiger partial charge in [-0.3, -0.25) is 4.72 Å². The van der Waals surface area contributed by atoms with E-state index in [2.05, 4.69) is 14.6 Å². The second-order valence-corrected chi connectivity index (χ2v) is 9.23. The minimum atomic E-state index is -4.13. The van der Waals surface area contributed by atoms with Gasteiger partial charge in [-0.05, 0) is 39.4 Å². The zero-order valence-corrected chi connectivity index (χ0v) is 16.7. The molecule has 1 aromatic carbocycles. The van der Waals surface area contributed by atoms with Gasteiger partial charge in [0.1, 0.15) is 22.6 Å². The number of halogens is 2. The monoisotopic (exact) mass is 419 g/mol. The number of anilines is 1. The van der Waals surface area contributed by atoms with Crippen LogP contribution < -0.4 is 9.46 Å². The van der Waals surface area contributed by atoms with Crippen LogP contribution in [0.2, 0.25) is 5.02 Å². The molecule has 0 aliphatic heterocycles. The molecule has 1 aliphatic carbocycles. The van der Waals surface area contributed by atoms with E-state index in [1.54, 1.807) is 5.38 Å². The predicted molar refractivity (Wildman–Crippen MR) is 100 cm³/mol. The van der Waals surface area contributed by atoms with Crippen molar-refractivity contribution in [1.29, 1.82) is 0 Å². The average molecular weight is 420 g/mol. The molecule has 26 heavy (non-hydrogen) atoms. The molecular weight excluding hydrogens is 401 g/mol. The van der Waals surface area contributed by atoms with Crippen molar-refractivity contribution in [3.8, 4) is 5.75 Å². The van der Waals surface area contributed by atoms with E-state index in [0.29, 0.717) is 0 Å². The summed E-state index contributed by atoms with van der Waals surface area (Å²) in [5, 5.41) is 1.82. The molecule has 1 unspecified atom stereocenters. The maximum atomic E-state index is 14.5. The van der Waals surface area contributed by atoms with Crippen LogP contribution in [-0.2, 0) is 10.0 Å². The van der Waals surface area contributed by atoms with E-state index < -0.39 is 20.7 Å². The Labute approximate surface area is 161 Å². The fourth-order valence-electron chi connectivity index (χ4n) is 3.05.